The Morgan fingerprint density at radius 3 is 2.42 bits per heavy atom. The first-order chi connectivity index (χ1) is 12.3. The Bertz CT molecular complexity index is 605. The van der Waals surface area contributed by atoms with E-state index < -0.39 is 11.9 Å². The Morgan fingerprint density at radius 2 is 1.88 bits per heavy atom. The minimum atomic E-state index is -0.816. The van der Waals surface area contributed by atoms with E-state index in [0.717, 1.165) is 12.0 Å². The van der Waals surface area contributed by atoms with Gasteiger partial charge in [-0.25, -0.2) is 0 Å². The van der Waals surface area contributed by atoms with Crippen LogP contribution in [0.5, 0.6) is 5.75 Å². The second kappa shape index (κ2) is 10.9. The van der Waals surface area contributed by atoms with Crippen molar-refractivity contribution in [2.75, 3.05) is 13.6 Å². The first-order valence-corrected chi connectivity index (χ1v) is 8.43. The van der Waals surface area contributed by atoms with Gasteiger partial charge in [-0.3, -0.25) is 15.0 Å². The van der Waals surface area contributed by atoms with Gasteiger partial charge in [0.25, 0.3) is 0 Å². The van der Waals surface area contributed by atoms with Crippen molar-refractivity contribution in [1.82, 2.24) is 16.0 Å². The summed E-state index contributed by atoms with van der Waals surface area (Å²) < 4.78 is 0. The maximum Gasteiger partial charge on any atom is 0.240 e. The third kappa shape index (κ3) is 8.34. The molecule has 0 aliphatic carbocycles. The Kier molecular flexibility index (Phi) is 8.93. The summed E-state index contributed by atoms with van der Waals surface area (Å²) in [6.07, 6.45) is 1.92. The lowest BCUT2D eigenvalue weighted by Crippen LogP contribution is -2.47. The minimum Gasteiger partial charge on any atom is -0.508 e. The second-order valence-corrected chi connectivity index (χ2v) is 6.07. The molecule has 1 aromatic carbocycles. The van der Waals surface area contributed by atoms with Crippen LogP contribution >= 0.6 is 0 Å². The van der Waals surface area contributed by atoms with Crippen molar-refractivity contribution in [3.63, 3.8) is 0 Å². The van der Waals surface area contributed by atoms with Gasteiger partial charge in [0, 0.05) is 25.4 Å². The number of aromatic hydroxyl groups is 1. The number of primary amides is 1. The fraction of sp³-hybridized carbons (Fsp3) is 0.471. The van der Waals surface area contributed by atoms with Gasteiger partial charge < -0.3 is 32.5 Å². The number of amides is 2. The van der Waals surface area contributed by atoms with E-state index in [0.29, 0.717) is 13.0 Å². The number of nitrogens with one attached hydrogen (secondary N) is 4. The van der Waals surface area contributed by atoms with E-state index >= 15 is 0 Å². The number of phenols is 1. The van der Waals surface area contributed by atoms with Crippen LogP contribution in [0.15, 0.2) is 24.3 Å². The molecule has 0 aliphatic rings. The molecule has 2 amide bonds. The lowest BCUT2D eigenvalue weighted by atomic mass is 10.0. The summed E-state index contributed by atoms with van der Waals surface area (Å²) in [4.78, 5) is 23.9. The van der Waals surface area contributed by atoms with Crippen LogP contribution in [0.3, 0.4) is 0 Å². The van der Waals surface area contributed by atoms with Crippen LogP contribution in [-0.4, -0.2) is 48.6 Å². The van der Waals surface area contributed by atoms with E-state index in [-0.39, 0.29) is 36.5 Å². The monoisotopic (exact) mass is 364 g/mol. The Labute approximate surface area is 153 Å². The van der Waals surface area contributed by atoms with Crippen molar-refractivity contribution in [2.24, 2.45) is 11.5 Å². The van der Waals surface area contributed by atoms with Crippen LogP contribution in [-0.2, 0) is 16.0 Å². The third-order valence-electron chi connectivity index (χ3n) is 3.94. The number of benzene rings is 1. The van der Waals surface area contributed by atoms with Crippen LogP contribution in [0.2, 0.25) is 0 Å². The molecular formula is C17H28N6O3. The number of carbonyl (C=O) groups is 2. The maximum atomic E-state index is 12.2. The molecule has 0 heterocycles. The third-order valence-corrected chi connectivity index (χ3v) is 3.94. The fourth-order valence-corrected chi connectivity index (χ4v) is 2.49. The van der Waals surface area contributed by atoms with Crippen LogP contribution in [0, 0.1) is 5.41 Å². The molecule has 0 saturated heterocycles. The van der Waals surface area contributed by atoms with Crippen molar-refractivity contribution < 1.29 is 14.7 Å². The summed E-state index contributed by atoms with van der Waals surface area (Å²) >= 11 is 0. The predicted molar refractivity (Wildman–Crippen MR) is 99.6 cm³/mol. The highest BCUT2D eigenvalue weighted by molar-refractivity contribution is 5.87. The number of phenolic OH excluding ortho intramolecular Hbond substituents is 1. The van der Waals surface area contributed by atoms with Crippen molar-refractivity contribution >= 4 is 17.8 Å². The lowest BCUT2D eigenvalue weighted by Gasteiger charge is -2.19. The molecule has 26 heavy (non-hydrogen) atoms. The summed E-state index contributed by atoms with van der Waals surface area (Å²) in [6.45, 7) is 0.555. The molecule has 9 heteroatoms. The van der Waals surface area contributed by atoms with Crippen LogP contribution in [0.4, 0.5) is 0 Å². The molecule has 0 radical (unpaired) electrons. The van der Waals surface area contributed by atoms with E-state index in [2.05, 4.69) is 16.0 Å². The Morgan fingerprint density at radius 1 is 1.23 bits per heavy atom. The van der Waals surface area contributed by atoms with E-state index in [4.69, 9.17) is 16.9 Å². The summed E-state index contributed by atoms with van der Waals surface area (Å²) in [5, 5.41) is 24.8. The van der Waals surface area contributed by atoms with Gasteiger partial charge in [0.2, 0.25) is 11.8 Å². The molecule has 0 bridgehead atoms. The highest BCUT2D eigenvalue weighted by Gasteiger charge is 2.20. The number of guanidine groups is 1. The zero-order valence-electron chi connectivity index (χ0n) is 14.9. The molecule has 144 valence electrons. The maximum absolute atomic E-state index is 12.2. The van der Waals surface area contributed by atoms with Gasteiger partial charge in [-0.15, -0.1) is 0 Å². The molecule has 0 aliphatic heterocycles. The number of hydrogen-bond acceptors (Lipinski definition) is 5. The van der Waals surface area contributed by atoms with Crippen molar-refractivity contribution in [1.29, 1.82) is 5.41 Å². The molecule has 9 N–H and O–H groups in total. The smallest absolute Gasteiger partial charge is 0.240 e. The van der Waals surface area contributed by atoms with Gasteiger partial charge in [-0.2, -0.15) is 0 Å². The molecule has 1 rings (SSSR count). The molecule has 0 spiro atoms. The highest BCUT2D eigenvalue weighted by atomic mass is 16.3. The quantitative estimate of drug-likeness (QED) is 0.153. The van der Waals surface area contributed by atoms with Gasteiger partial charge in [0.05, 0.1) is 0 Å². The zero-order chi connectivity index (χ0) is 19.5. The molecule has 1 aromatic rings. The first kappa shape index (κ1) is 21.2. The number of rotatable bonds is 11. The first-order valence-electron chi connectivity index (χ1n) is 8.43. The van der Waals surface area contributed by atoms with Gasteiger partial charge in [0.15, 0.2) is 5.96 Å². The average molecular weight is 364 g/mol. The van der Waals surface area contributed by atoms with Crippen molar-refractivity contribution in [3.8, 4) is 5.75 Å². The normalized spacial score (nSPS) is 12.8. The fourth-order valence-electron chi connectivity index (χ4n) is 2.49. The molecule has 9 nitrogen and oxygen atoms in total. The van der Waals surface area contributed by atoms with E-state index in [1.807, 2.05) is 0 Å². The SMILES string of the molecule is CN[C@@H](CCCNC(=N)N)CC(=O)N[C@@H](Cc1ccc(O)cc1)C(N)=O. The van der Waals surface area contributed by atoms with E-state index in [9.17, 15) is 14.7 Å². The predicted octanol–water partition coefficient (Wildman–Crippen LogP) is -0.854. The minimum absolute atomic E-state index is 0.0639. The Balaban J connectivity index is 2.50. The summed E-state index contributed by atoms with van der Waals surface area (Å²) in [7, 11) is 1.76. The Hall–Kier alpha value is -2.81. The zero-order valence-corrected chi connectivity index (χ0v) is 14.9. The molecule has 0 unspecified atom stereocenters. The van der Waals surface area contributed by atoms with Crippen LogP contribution in [0.25, 0.3) is 0 Å². The molecular weight excluding hydrogens is 336 g/mol. The van der Waals surface area contributed by atoms with Crippen molar-refractivity contribution in [3.05, 3.63) is 29.8 Å². The van der Waals surface area contributed by atoms with Gasteiger partial charge in [-0.1, -0.05) is 12.1 Å². The summed E-state index contributed by atoms with van der Waals surface area (Å²) in [6, 6.07) is 5.50. The summed E-state index contributed by atoms with van der Waals surface area (Å²) in [5.74, 6) is -0.837. The molecule has 0 fully saturated rings. The van der Waals surface area contributed by atoms with Crippen LogP contribution in [0.1, 0.15) is 24.8 Å². The van der Waals surface area contributed by atoms with Gasteiger partial charge in [0.1, 0.15) is 11.8 Å². The average Bonchev–Trinajstić information content (AvgIpc) is 2.58. The molecule has 0 aromatic heterocycles. The van der Waals surface area contributed by atoms with E-state index in [1.54, 1.807) is 19.2 Å². The van der Waals surface area contributed by atoms with Gasteiger partial charge >= 0.3 is 0 Å². The lowest BCUT2D eigenvalue weighted by molar-refractivity contribution is -0.127. The summed E-state index contributed by atoms with van der Waals surface area (Å²) in [5.41, 5.74) is 11.4. The largest absolute Gasteiger partial charge is 0.508 e. The topological polar surface area (TPSA) is 166 Å². The van der Waals surface area contributed by atoms with Crippen molar-refractivity contribution in [2.45, 2.75) is 37.8 Å². The molecule has 2 atom stereocenters. The standard InChI is InChI=1S/C17H28N6O3/c1-21-12(3-2-8-22-17(19)20)10-15(25)23-14(16(18)26)9-11-4-6-13(24)7-5-11/h4-7,12,14,21,24H,2-3,8-10H2,1H3,(H2,18,26)(H,23,25)(H4,19,20,22)/t12-,14-/m0/s1. The second-order valence-electron chi connectivity index (χ2n) is 6.07. The molecule has 0 saturated carbocycles. The highest BCUT2D eigenvalue weighted by Crippen LogP contribution is 2.11. The number of nitrogens with two attached hydrogens (primary N) is 2. The number of carbonyl (C=O) groups excluding carboxylic acids is 2. The van der Waals surface area contributed by atoms with E-state index in [1.165, 1.54) is 12.1 Å². The van der Waals surface area contributed by atoms with Gasteiger partial charge in [-0.05, 0) is 37.6 Å². The van der Waals surface area contributed by atoms with Crippen LogP contribution < -0.4 is 27.4 Å². The number of hydrogen-bond donors (Lipinski definition) is 7.